The first-order chi connectivity index (χ1) is 4.91. The van der Waals surface area contributed by atoms with Crippen LogP contribution in [0.4, 0.5) is 4.79 Å². The normalized spacial score (nSPS) is 25.4. The van der Waals surface area contributed by atoms with Crippen molar-refractivity contribution in [2.45, 2.75) is 4.58 Å². The van der Waals surface area contributed by atoms with Gasteiger partial charge in [0.05, 0.1) is 0 Å². The van der Waals surface area contributed by atoms with Gasteiger partial charge in [-0.05, 0) is 11.8 Å². The first-order valence-corrected chi connectivity index (χ1v) is 4.77. The lowest BCUT2D eigenvalue weighted by molar-refractivity contribution is -0.117. The molecule has 8 heteroatoms. The molecule has 0 aromatic heterocycles. The van der Waals surface area contributed by atoms with Crippen molar-refractivity contribution in [3.05, 3.63) is 0 Å². The Morgan fingerprint density at radius 3 is 2.18 bits per heavy atom. The third kappa shape index (κ3) is 1.70. The maximum Gasteiger partial charge on any atom is 0.287 e. The summed E-state index contributed by atoms with van der Waals surface area (Å²) >= 11 is 0.243. The Balaban J connectivity index is 2.94. The van der Waals surface area contributed by atoms with E-state index in [1.165, 1.54) is 0 Å². The van der Waals surface area contributed by atoms with Crippen LogP contribution in [0.25, 0.3) is 0 Å². The lowest BCUT2D eigenvalue weighted by Gasteiger charge is -1.97. The van der Waals surface area contributed by atoms with Gasteiger partial charge in [0.1, 0.15) is 0 Å². The highest BCUT2D eigenvalue weighted by Crippen LogP contribution is 2.22. The van der Waals surface area contributed by atoms with E-state index >= 15 is 0 Å². The van der Waals surface area contributed by atoms with Crippen LogP contribution in [0, 0.1) is 0 Å². The zero-order valence-corrected chi connectivity index (χ0v) is 6.61. The van der Waals surface area contributed by atoms with Crippen molar-refractivity contribution >= 4 is 33.0 Å². The van der Waals surface area contributed by atoms with Crippen molar-refractivity contribution in [3.63, 3.8) is 0 Å². The molecule has 0 spiro atoms. The van der Waals surface area contributed by atoms with Crippen molar-refractivity contribution < 1.29 is 22.6 Å². The van der Waals surface area contributed by atoms with Crippen molar-refractivity contribution in [3.8, 4) is 0 Å². The minimum absolute atomic E-state index is 0.243. The molecule has 2 amide bonds. The molecule has 0 aromatic rings. The number of hydrogen-bond donors (Lipinski definition) is 2. The first-order valence-electron chi connectivity index (χ1n) is 2.39. The average Bonchev–Trinajstić information content (AvgIpc) is 2.08. The molecule has 1 unspecified atom stereocenters. The van der Waals surface area contributed by atoms with E-state index in [0.717, 1.165) is 0 Å². The van der Waals surface area contributed by atoms with Gasteiger partial charge in [0, 0.05) is 0 Å². The number of amides is 2. The van der Waals surface area contributed by atoms with E-state index in [1.54, 1.807) is 5.32 Å². The molecular formula is C3H3NO5S2. The lowest BCUT2D eigenvalue weighted by atomic mass is 10.7. The highest BCUT2D eigenvalue weighted by Gasteiger charge is 2.40. The highest BCUT2D eigenvalue weighted by atomic mass is 32.3. The molecule has 6 nitrogen and oxygen atoms in total. The molecule has 1 fully saturated rings. The monoisotopic (exact) mass is 197 g/mol. The molecule has 0 radical (unpaired) electrons. The average molecular weight is 197 g/mol. The molecule has 0 saturated carbocycles. The van der Waals surface area contributed by atoms with Crippen LogP contribution in [0.3, 0.4) is 0 Å². The van der Waals surface area contributed by atoms with Crippen LogP contribution in [-0.2, 0) is 14.9 Å². The summed E-state index contributed by atoms with van der Waals surface area (Å²) in [6, 6.07) is 0. The Morgan fingerprint density at radius 2 is 2.00 bits per heavy atom. The fourth-order valence-corrected chi connectivity index (χ4v) is 2.13. The summed E-state index contributed by atoms with van der Waals surface area (Å²) in [6.45, 7) is 0. The molecule has 1 rings (SSSR count). The molecule has 1 aliphatic heterocycles. The van der Waals surface area contributed by atoms with E-state index in [4.69, 9.17) is 4.55 Å². The van der Waals surface area contributed by atoms with E-state index in [1.807, 2.05) is 0 Å². The largest absolute Gasteiger partial charge is 0.287 e. The van der Waals surface area contributed by atoms with E-state index in [-0.39, 0.29) is 11.8 Å². The maximum atomic E-state index is 10.5. The predicted octanol–water partition coefficient (Wildman–Crippen LogP) is -0.817. The van der Waals surface area contributed by atoms with Crippen molar-refractivity contribution in [1.82, 2.24) is 5.32 Å². The summed E-state index contributed by atoms with van der Waals surface area (Å²) < 4.78 is 27.3. The summed E-state index contributed by atoms with van der Waals surface area (Å²) in [4.78, 5) is 20.9. The molecule has 1 saturated heterocycles. The molecule has 1 aliphatic rings. The number of hydrogen-bond acceptors (Lipinski definition) is 5. The Bertz CT molecular complexity index is 306. The highest BCUT2D eigenvalue weighted by molar-refractivity contribution is 8.23. The molecule has 2 N–H and O–H groups in total. The number of rotatable bonds is 1. The van der Waals surface area contributed by atoms with E-state index in [9.17, 15) is 18.0 Å². The smallest absolute Gasteiger partial charge is 0.285 e. The van der Waals surface area contributed by atoms with Crippen LogP contribution < -0.4 is 5.32 Å². The fourth-order valence-electron chi connectivity index (χ4n) is 0.536. The van der Waals surface area contributed by atoms with Crippen molar-refractivity contribution in [2.24, 2.45) is 0 Å². The van der Waals surface area contributed by atoms with Crippen molar-refractivity contribution in [1.29, 1.82) is 0 Å². The van der Waals surface area contributed by atoms with Gasteiger partial charge >= 0.3 is 0 Å². The van der Waals surface area contributed by atoms with E-state index in [0.29, 0.717) is 0 Å². The third-order valence-corrected chi connectivity index (χ3v) is 3.44. The van der Waals surface area contributed by atoms with Gasteiger partial charge in [-0.1, -0.05) is 0 Å². The van der Waals surface area contributed by atoms with Crippen LogP contribution in [0.1, 0.15) is 0 Å². The zero-order chi connectivity index (χ0) is 8.65. The van der Waals surface area contributed by atoms with Gasteiger partial charge in [0.15, 0.2) is 0 Å². The molecule has 0 bridgehead atoms. The topological polar surface area (TPSA) is 101 Å². The Kier molecular flexibility index (Phi) is 1.90. The van der Waals surface area contributed by atoms with Crippen LogP contribution in [0.2, 0.25) is 0 Å². The number of nitrogens with one attached hydrogen (secondary N) is 1. The molecule has 1 heterocycles. The predicted molar refractivity (Wildman–Crippen MR) is 36.5 cm³/mol. The standard InChI is InChI=1S/C3H3NO5S2/c5-1-2(11(7,8)9)10-3(6)4-1/h2H,(H,4,5,6)(H,7,8,9). The van der Waals surface area contributed by atoms with Gasteiger partial charge in [0.25, 0.3) is 21.3 Å². The molecule has 0 aliphatic carbocycles. The second kappa shape index (κ2) is 2.47. The number of carbonyl (C=O) groups is 2. The Hall–Kier alpha value is -0.600. The summed E-state index contributed by atoms with van der Waals surface area (Å²) in [6.07, 6.45) is 0. The summed E-state index contributed by atoms with van der Waals surface area (Å²) in [5, 5.41) is 0.953. The van der Waals surface area contributed by atoms with Crippen LogP contribution in [0.15, 0.2) is 0 Å². The van der Waals surface area contributed by atoms with Gasteiger partial charge in [-0.15, -0.1) is 0 Å². The van der Waals surface area contributed by atoms with Gasteiger partial charge in [0.2, 0.25) is 4.58 Å². The minimum Gasteiger partial charge on any atom is -0.285 e. The lowest BCUT2D eigenvalue weighted by Crippen LogP contribution is -2.29. The fraction of sp³-hybridized carbons (Fsp3) is 0.333. The summed E-state index contributed by atoms with van der Waals surface area (Å²) in [5.41, 5.74) is 0. The molecule has 0 aromatic carbocycles. The van der Waals surface area contributed by atoms with E-state index in [2.05, 4.69) is 0 Å². The SMILES string of the molecule is O=C1NC(=O)C(S(=O)(=O)O)S1. The van der Waals surface area contributed by atoms with Crippen LogP contribution in [0.5, 0.6) is 0 Å². The number of thioether (sulfide) groups is 1. The second-order valence-corrected chi connectivity index (χ2v) is 4.62. The first kappa shape index (κ1) is 8.50. The number of carbonyl (C=O) groups excluding carboxylic acids is 2. The molecular weight excluding hydrogens is 194 g/mol. The molecule has 11 heavy (non-hydrogen) atoms. The van der Waals surface area contributed by atoms with Crippen LogP contribution in [-0.4, -0.2) is 28.7 Å². The zero-order valence-electron chi connectivity index (χ0n) is 4.97. The third-order valence-electron chi connectivity index (χ3n) is 0.924. The second-order valence-electron chi connectivity index (χ2n) is 1.74. The maximum absolute atomic E-state index is 10.5. The van der Waals surface area contributed by atoms with Gasteiger partial charge < -0.3 is 0 Å². The van der Waals surface area contributed by atoms with Gasteiger partial charge in [-0.2, -0.15) is 8.42 Å². The van der Waals surface area contributed by atoms with Gasteiger partial charge in [-0.25, -0.2) is 0 Å². The molecule has 1 atom stereocenters. The summed E-state index contributed by atoms with van der Waals surface area (Å²) in [5.74, 6) is -0.998. The molecule has 62 valence electrons. The van der Waals surface area contributed by atoms with Crippen LogP contribution >= 0.6 is 11.8 Å². The van der Waals surface area contributed by atoms with Crippen molar-refractivity contribution in [2.75, 3.05) is 0 Å². The number of imide groups is 1. The summed E-state index contributed by atoms with van der Waals surface area (Å²) in [7, 11) is -4.45. The quantitative estimate of drug-likeness (QED) is 0.533. The Morgan fingerprint density at radius 1 is 1.45 bits per heavy atom. The minimum atomic E-state index is -4.45. The van der Waals surface area contributed by atoms with Gasteiger partial charge in [-0.3, -0.25) is 19.5 Å². The van der Waals surface area contributed by atoms with E-state index < -0.39 is 25.8 Å². The Labute approximate surface area is 66.1 Å².